The van der Waals surface area contributed by atoms with Gasteiger partial charge < -0.3 is 5.11 Å². The van der Waals surface area contributed by atoms with E-state index < -0.39 is 17.7 Å². The first-order chi connectivity index (χ1) is 7.93. The fourth-order valence-electron chi connectivity index (χ4n) is 1.59. The second kappa shape index (κ2) is 4.08. The highest BCUT2D eigenvalue weighted by Crippen LogP contribution is 2.47. The highest BCUT2D eigenvalue weighted by Gasteiger charge is 2.61. The molecular formula is C13H11F3O. The third-order valence-corrected chi connectivity index (χ3v) is 2.77. The average Bonchev–Trinajstić information content (AvgIpc) is 3.10. The molecular weight excluding hydrogens is 229 g/mol. The van der Waals surface area contributed by atoms with Gasteiger partial charge in [-0.2, -0.15) is 13.2 Å². The number of hydrogen-bond acceptors (Lipinski definition) is 1. The van der Waals surface area contributed by atoms with Crippen molar-refractivity contribution in [3.05, 3.63) is 35.9 Å². The van der Waals surface area contributed by atoms with Crippen molar-refractivity contribution in [2.45, 2.75) is 24.6 Å². The Labute approximate surface area is 97.3 Å². The van der Waals surface area contributed by atoms with Crippen LogP contribution < -0.4 is 0 Å². The van der Waals surface area contributed by atoms with Crippen molar-refractivity contribution in [1.82, 2.24) is 0 Å². The van der Waals surface area contributed by atoms with E-state index in [1.807, 2.05) is 5.92 Å². The maximum atomic E-state index is 12.7. The molecule has 0 aromatic heterocycles. The van der Waals surface area contributed by atoms with Crippen molar-refractivity contribution >= 4 is 0 Å². The number of halogens is 3. The zero-order valence-corrected chi connectivity index (χ0v) is 8.96. The lowest BCUT2D eigenvalue weighted by atomic mass is 9.97. The molecule has 0 heterocycles. The molecule has 0 bridgehead atoms. The van der Waals surface area contributed by atoms with Gasteiger partial charge >= 0.3 is 6.18 Å². The number of rotatable bonds is 1. The lowest BCUT2D eigenvalue weighted by molar-refractivity contribution is -0.242. The molecule has 1 N–H and O–H groups in total. The second-order valence-electron chi connectivity index (χ2n) is 4.15. The zero-order valence-electron chi connectivity index (χ0n) is 8.96. The summed E-state index contributed by atoms with van der Waals surface area (Å²) in [6.45, 7) is 0. The summed E-state index contributed by atoms with van der Waals surface area (Å²) in [6, 6.07) is 8.34. The van der Waals surface area contributed by atoms with Crippen LogP contribution in [-0.2, 0) is 0 Å². The molecule has 1 aromatic rings. The van der Waals surface area contributed by atoms with E-state index in [2.05, 4.69) is 5.92 Å². The summed E-state index contributed by atoms with van der Waals surface area (Å²) >= 11 is 0. The van der Waals surface area contributed by atoms with Gasteiger partial charge in [-0.25, -0.2) is 0 Å². The predicted octanol–water partition coefficient (Wildman–Crippen LogP) is 2.74. The molecule has 0 saturated heterocycles. The van der Waals surface area contributed by atoms with Crippen LogP contribution in [0.4, 0.5) is 13.2 Å². The molecule has 4 heteroatoms. The molecule has 1 aromatic carbocycles. The van der Waals surface area contributed by atoms with Crippen molar-refractivity contribution in [2.75, 3.05) is 0 Å². The van der Waals surface area contributed by atoms with Crippen molar-refractivity contribution in [3.8, 4) is 11.8 Å². The summed E-state index contributed by atoms with van der Waals surface area (Å²) in [5.41, 5.74) is -2.39. The number of aliphatic hydroxyl groups is 1. The van der Waals surface area contributed by atoms with Crippen LogP contribution in [0.1, 0.15) is 18.4 Å². The molecule has 1 atom stereocenters. The smallest absolute Gasteiger partial charge is 0.369 e. The maximum absolute atomic E-state index is 12.7. The number of benzene rings is 1. The standard InChI is InChI=1S/C13H11F3O/c14-13(15,16)12(17,11-6-7-11)9-8-10-4-2-1-3-5-10/h1-5,11,17H,6-7H2. The van der Waals surface area contributed by atoms with E-state index in [1.54, 1.807) is 30.3 Å². The molecule has 90 valence electrons. The van der Waals surface area contributed by atoms with Crippen molar-refractivity contribution < 1.29 is 18.3 Å². The molecule has 2 rings (SSSR count). The molecule has 1 fully saturated rings. The first kappa shape index (κ1) is 12.0. The normalized spacial score (nSPS) is 19.1. The fraction of sp³-hybridized carbons (Fsp3) is 0.385. The minimum absolute atomic E-state index is 0.374. The van der Waals surface area contributed by atoms with Gasteiger partial charge in [0.25, 0.3) is 0 Å². The van der Waals surface area contributed by atoms with Gasteiger partial charge in [-0.3, -0.25) is 0 Å². The van der Waals surface area contributed by atoms with E-state index in [4.69, 9.17) is 0 Å². The van der Waals surface area contributed by atoms with Crippen LogP contribution in [0.5, 0.6) is 0 Å². The molecule has 1 aliphatic rings. The van der Waals surface area contributed by atoms with Gasteiger partial charge in [0, 0.05) is 11.5 Å². The van der Waals surface area contributed by atoms with Crippen LogP contribution in [0.25, 0.3) is 0 Å². The van der Waals surface area contributed by atoms with Crippen LogP contribution in [0.15, 0.2) is 30.3 Å². The van der Waals surface area contributed by atoms with Gasteiger partial charge in [0.15, 0.2) is 0 Å². The van der Waals surface area contributed by atoms with Gasteiger partial charge in [-0.1, -0.05) is 30.0 Å². The Morgan fingerprint density at radius 1 is 1.12 bits per heavy atom. The topological polar surface area (TPSA) is 20.2 Å². The Kier molecular flexibility index (Phi) is 2.88. The van der Waals surface area contributed by atoms with Gasteiger partial charge in [0.1, 0.15) is 0 Å². The lowest BCUT2D eigenvalue weighted by Gasteiger charge is -2.24. The van der Waals surface area contributed by atoms with Crippen molar-refractivity contribution in [3.63, 3.8) is 0 Å². The van der Waals surface area contributed by atoms with Gasteiger partial charge in [-0.05, 0) is 25.0 Å². The Morgan fingerprint density at radius 2 is 1.71 bits per heavy atom. The van der Waals surface area contributed by atoms with E-state index in [-0.39, 0.29) is 0 Å². The SMILES string of the molecule is OC(C#Cc1ccccc1)(C1CC1)C(F)(F)F. The minimum atomic E-state index is -4.70. The first-order valence-electron chi connectivity index (χ1n) is 5.31. The van der Waals surface area contributed by atoms with Gasteiger partial charge in [0.2, 0.25) is 5.60 Å². The largest absolute Gasteiger partial charge is 0.428 e. The summed E-state index contributed by atoms with van der Waals surface area (Å²) in [6.07, 6.45) is -3.95. The molecule has 0 radical (unpaired) electrons. The molecule has 0 amide bonds. The third kappa shape index (κ3) is 2.45. The van der Waals surface area contributed by atoms with E-state index in [1.165, 1.54) is 0 Å². The summed E-state index contributed by atoms with van der Waals surface area (Å²) in [4.78, 5) is 0. The van der Waals surface area contributed by atoms with E-state index in [9.17, 15) is 18.3 Å². The van der Waals surface area contributed by atoms with Crippen LogP contribution >= 0.6 is 0 Å². The van der Waals surface area contributed by atoms with Crippen molar-refractivity contribution in [2.24, 2.45) is 5.92 Å². The molecule has 17 heavy (non-hydrogen) atoms. The Balaban J connectivity index is 2.29. The second-order valence-corrected chi connectivity index (χ2v) is 4.15. The van der Waals surface area contributed by atoms with Gasteiger partial charge in [0.05, 0.1) is 0 Å². The Morgan fingerprint density at radius 3 is 2.18 bits per heavy atom. The van der Waals surface area contributed by atoms with Crippen LogP contribution in [0.3, 0.4) is 0 Å². The number of alkyl halides is 3. The summed E-state index contributed by atoms with van der Waals surface area (Å²) in [5.74, 6) is 3.61. The predicted molar refractivity (Wildman–Crippen MR) is 57.0 cm³/mol. The molecule has 0 aliphatic heterocycles. The molecule has 0 spiro atoms. The van der Waals surface area contributed by atoms with Crippen molar-refractivity contribution in [1.29, 1.82) is 0 Å². The molecule has 1 aliphatic carbocycles. The van der Waals surface area contributed by atoms with Crippen LogP contribution in [-0.4, -0.2) is 16.9 Å². The molecule has 1 nitrogen and oxygen atoms in total. The van der Waals surface area contributed by atoms with Crippen LogP contribution in [0, 0.1) is 17.8 Å². The molecule has 1 unspecified atom stereocenters. The maximum Gasteiger partial charge on any atom is 0.428 e. The zero-order chi connectivity index (χ0) is 12.5. The monoisotopic (exact) mass is 240 g/mol. The molecule has 1 saturated carbocycles. The number of hydrogen-bond donors (Lipinski definition) is 1. The third-order valence-electron chi connectivity index (χ3n) is 2.77. The van der Waals surface area contributed by atoms with E-state index >= 15 is 0 Å². The highest BCUT2D eigenvalue weighted by molar-refractivity contribution is 5.37. The lowest BCUT2D eigenvalue weighted by Crippen LogP contribution is -2.46. The highest BCUT2D eigenvalue weighted by atomic mass is 19.4. The quantitative estimate of drug-likeness (QED) is 0.748. The first-order valence-corrected chi connectivity index (χ1v) is 5.31. The minimum Gasteiger partial charge on any atom is -0.369 e. The summed E-state index contributed by atoms with van der Waals surface area (Å²) < 4.78 is 38.2. The average molecular weight is 240 g/mol. The van der Waals surface area contributed by atoms with E-state index in [0.717, 1.165) is 0 Å². The van der Waals surface area contributed by atoms with Crippen LogP contribution in [0.2, 0.25) is 0 Å². The Bertz CT molecular complexity index is 451. The Hall–Kier alpha value is -1.47. The summed E-state index contributed by atoms with van der Waals surface area (Å²) in [5, 5.41) is 9.65. The van der Waals surface area contributed by atoms with Gasteiger partial charge in [-0.15, -0.1) is 0 Å². The fourth-order valence-corrected chi connectivity index (χ4v) is 1.59. The summed E-state index contributed by atoms with van der Waals surface area (Å²) in [7, 11) is 0. The van der Waals surface area contributed by atoms with E-state index in [0.29, 0.717) is 18.4 Å².